The van der Waals surface area contributed by atoms with Gasteiger partial charge in [-0.05, 0) is 18.6 Å². The van der Waals surface area contributed by atoms with Crippen molar-refractivity contribution >= 4 is 23.3 Å². The first-order valence-corrected chi connectivity index (χ1v) is 10.7. The molecule has 1 aliphatic rings. The molecule has 0 fully saturated rings. The number of nitriles is 1. The van der Waals surface area contributed by atoms with Crippen LogP contribution in [0.15, 0.2) is 47.0 Å². The molecule has 1 aliphatic heterocycles. The lowest BCUT2D eigenvalue weighted by atomic mass is 10.0. The number of methoxy groups -OCH3 is 3. The molecule has 2 amide bonds. The number of rotatable bonds is 8. The molecular formula is C25H26N4O5. The minimum atomic E-state index is -0.498. The zero-order valence-electron chi connectivity index (χ0n) is 19.5. The molecule has 0 unspecified atom stereocenters. The number of fused-ring (bicyclic) bond motifs is 1. The van der Waals surface area contributed by atoms with Gasteiger partial charge in [0.1, 0.15) is 17.5 Å². The number of carbonyl (C=O) groups excluding carboxylic acids is 2. The van der Waals surface area contributed by atoms with E-state index in [2.05, 4.69) is 15.6 Å². The zero-order valence-corrected chi connectivity index (χ0v) is 19.5. The van der Waals surface area contributed by atoms with Gasteiger partial charge in [-0.15, -0.1) is 0 Å². The summed E-state index contributed by atoms with van der Waals surface area (Å²) in [5, 5.41) is 15.2. The van der Waals surface area contributed by atoms with Gasteiger partial charge in [0.25, 0.3) is 11.8 Å². The number of hydrogen-bond donors (Lipinski definition) is 2. The van der Waals surface area contributed by atoms with Crippen molar-refractivity contribution in [3.8, 4) is 23.3 Å². The Kier molecular flexibility index (Phi) is 7.88. The van der Waals surface area contributed by atoms with Crippen LogP contribution in [0.4, 0.5) is 0 Å². The van der Waals surface area contributed by atoms with Crippen LogP contribution < -0.4 is 24.8 Å². The van der Waals surface area contributed by atoms with Crippen molar-refractivity contribution in [2.45, 2.75) is 19.8 Å². The van der Waals surface area contributed by atoms with Gasteiger partial charge in [-0.3, -0.25) is 9.59 Å². The number of amides is 2. The molecule has 0 saturated carbocycles. The number of hydrogen-bond acceptors (Lipinski definition) is 7. The summed E-state index contributed by atoms with van der Waals surface area (Å²) in [7, 11) is 4.40. The maximum absolute atomic E-state index is 13.1. The van der Waals surface area contributed by atoms with E-state index in [-0.39, 0.29) is 22.7 Å². The third-order valence-electron chi connectivity index (χ3n) is 5.21. The van der Waals surface area contributed by atoms with Gasteiger partial charge in [0.15, 0.2) is 11.5 Å². The van der Waals surface area contributed by atoms with Gasteiger partial charge < -0.3 is 24.8 Å². The molecule has 0 atom stereocenters. The summed E-state index contributed by atoms with van der Waals surface area (Å²) in [5.41, 5.74) is 1.55. The van der Waals surface area contributed by atoms with E-state index in [0.717, 1.165) is 12.8 Å². The number of benzene rings is 2. The van der Waals surface area contributed by atoms with Gasteiger partial charge in [-0.25, -0.2) is 4.99 Å². The van der Waals surface area contributed by atoms with Crippen LogP contribution in [0.5, 0.6) is 17.2 Å². The van der Waals surface area contributed by atoms with Gasteiger partial charge in [-0.1, -0.05) is 37.6 Å². The third kappa shape index (κ3) is 4.86. The van der Waals surface area contributed by atoms with Gasteiger partial charge in [-0.2, -0.15) is 5.26 Å². The zero-order chi connectivity index (χ0) is 24.7. The highest BCUT2D eigenvalue weighted by molar-refractivity contribution is 6.20. The minimum Gasteiger partial charge on any atom is -0.493 e. The Balaban J connectivity index is 1.98. The van der Waals surface area contributed by atoms with Crippen LogP contribution >= 0.6 is 0 Å². The summed E-state index contributed by atoms with van der Waals surface area (Å²) in [6, 6.07) is 12.1. The Morgan fingerprint density at radius 1 is 1.03 bits per heavy atom. The van der Waals surface area contributed by atoms with Crippen LogP contribution in [-0.2, 0) is 4.79 Å². The summed E-state index contributed by atoms with van der Waals surface area (Å²) in [6.45, 7) is 2.47. The Labute approximate surface area is 198 Å². The second-order valence-corrected chi connectivity index (χ2v) is 7.32. The first-order valence-electron chi connectivity index (χ1n) is 10.7. The fourth-order valence-electron chi connectivity index (χ4n) is 3.48. The molecule has 34 heavy (non-hydrogen) atoms. The Morgan fingerprint density at radius 3 is 2.24 bits per heavy atom. The van der Waals surface area contributed by atoms with Crippen molar-refractivity contribution in [2.75, 3.05) is 27.9 Å². The molecule has 0 aromatic heterocycles. The van der Waals surface area contributed by atoms with E-state index >= 15 is 0 Å². The average molecular weight is 463 g/mol. The predicted octanol–water partition coefficient (Wildman–Crippen LogP) is 3.05. The molecule has 2 aromatic rings. The van der Waals surface area contributed by atoms with E-state index < -0.39 is 11.8 Å². The maximum Gasteiger partial charge on any atom is 0.264 e. The first-order chi connectivity index (χ1) is 16.5. The number of nitrogens with one attached hydrogen (secondary N) is 2. The van der Waals surface area contributed by atoms with Crippen molar-refractivity contribution in [3.05, 3.63) is 58.7 Å². The van der Waals surface area contributed by atoms with Crippen LogP contribution in [0.25, 0.3) is 5.70 Å². The third-order valence-corrected chi connectivity index (χ3v) is 5.21. The molecule has 0 bridgehead atoms. The molecule has 2 aromatic carbocycles. The van der Waals surface area contributed by atoms with Crippen LogP contribution in [0.1, 0.15) is 41.3 Å². The van der Waals surface area contributed by atoms with E-state index in [1.807, 2.05) is 13.0 Å². The van der Waals surface area contributed by atoms with Crippen molar-refractivity contribution < 1.29 is 23.8 Å². The second-order valence-electron chi connectivity index (χ2n) is 7.32. The first kappa shape index (κ1) is 24.3. The molecule has 0 radical (unpaired) electrons. The highest BCUT2D eigenvalue weighted by atomic mass is 16.5. The van der Waals surface area contributed by atoms with Gasteiger partial charge in [0, 0.05) is 23.2 Å². The summed E-state index contributed by atoms with van der Waals surface area (Å²) >= 11 is 0. The molecule has 2 N–H and O–H groups in total. The van der Waals surface area contributed by atoms with Crippen LogP contribution in [-0.4, -0.2) is 45.5 Å². The normalized spacial score (nSPS) is 13.2. The monoisotopic (exact) mass is 462 g/mol. The van der Waals surface area contributed by atoms with Crippen molar-refractivity contribution in [2.24, 2.45) is 4.99 Å². The highest BCUT2D eigenvalue weighted by Gasteiger charge is 2.27. The Morgan fingerprint density at radius 2 is 1.68 bits per heavy atom. The topological polar surface area (TPSA) is 122 Å². The van der Waals surface area contributed by atoms with Crippen molar-refractivity contribution in [1.82, 2.24) is 10.6 Å². The second kappa shape index (κ2) is 11.0. The molecule has 0 saturated heterocycles. The van der Waals surface area contributed by atoms with Gasteiger partial charge >= 0.3 is 0 Å². The minimum absolute atomic E-state index is 0.111. The highest BCUT2D eigenvalue weighted by Crippen LogP contribution is 2.38. The SMILES string of the molecule is CCCCNC(=O)/C(C#N)=C1\N=C(NC(=O)c2cc(OC)c(OC)c(OC)c2)c2ccccc21. The Bertz CT molecular complexity index is 1190. The van der Waals surface area contributed by atoms with Gasteiger partial charge in [0.05, 0.1) is 27.0 Å². The van der Waals surface area contributed by atoms with E-state index in [1.54, 1.807) is 24.3 Å². The predicted molar refractivity (Wildman–Crippen MR) is 127 cm³/mol. The van der Waals surface area contributed by atoms with Crippen molar-refractivity contribution in [3.63, 3.8) is 0 Å². The number of ether oxygens (including phenoxy) is 3. The lowest BCUT2D eigenvalue weighted by molar-refractivity contribution is -0.117. The fourth-order valence-corrected chi connectivity index (χ4v) is 3.48. The van der Waals surface area contributed by atoms with E-state index in [1.165, 1.54) is 33.5 Å². The number of nitrogens with zero attached hydrogens (tertiary/aromatic N) is 2. The summed E-state index contributed by atoms with van der Waals surface area (Å²) in [4.78, 5) is 30.2. The van der Waals surface area contributed by atoms with Gasteiger partial charge in [0.2, 0.25) is 5.75 Å². The average Bonchev–Trinajstić information content (AvgIpc) is 3.21. The van der Waals surface area contributed by atoms with Crippen LogP contribution in [0.2, 0.25) is 0 Å². The van der Waals surface area contributed by atoms with Crippen molar-refractivity contribution in [1.29, 1.82) is 5.26 Å². The van der Waals surface area contributed by atoms with Crippen LogP contribution in [0, 0.1) is 11.3 Å². The molecule has 3 rings (SSSR count). The van der Waals surface area contributed by atoms with E-state index in [0.29, 0.717) is 34.9 Å². The Hall–Kier alpha value is -4.32. The number of amidine groups is 1. The lowest BCUT2D eigenvalue weighted by Gasteiger charge is -2.14. The maximum atomic E-state index is 13.1. The summed E-state index contributed by atoms with van der Waals surface area (Å²) in [6.07, 6.45) is 1.71. The smallest absolute Gasteiger partial charge is 0.264 e. The van der Waals surface area contributed by atoms with Crippen LogP contribution in [0.3, 0.4) is 0 Å². The number of carbonyl (C=O) groups is 2. The largest absolute Gasteiger partial charge is 0.493 e. The summed E-state index contributed by atoms with van der Waals surface area (Å²) < 4.78 is 15.9. The molecule has 9 heteroatoms. The quantitative estimate of drug-likeness (QED) is 0.353. The number of aliphatic imine (C=N–C) groups is 1. The molecule has 0 spiro atoms. The molecule has 1 heterocycles. The van der Waals surface area contributed by atoms with E-state index in [9.17, 15) is 14.9 Å². The fraction of sp³-hybridized carbons (Fsp3) is 0.280. The number of unbranched alkanes of at least 4 members (excludes halogenated alkanes) is 1. The lowest BCUT2D eigenvalue weighted by Crippen LogP contribution is -2.30. The van der Waals surface area contributed by atoms with E-state index in [4.69, 9.17) is 14.2 Å². The standard InChI is InChI=1S/C25H26N4O5/c1-5-6-11-27-25(31)18(14-26)21-16-9-7-8-10-17(16)23(28-21)29-24(30)15-12-19(32-2)22(34-4)20(13-15)33-3/h7-10,12-13H,5-6,11H2,1-4H3,(H,27,31)(H,28,29,30)/b21-18-. The molecule has 0 aliphatic carbocycles. The molecule has 9 nitrogen and oxygen atoms in total. The molecule has 176 valence electrons. The molecular weight excluding hydrogens is 436 g/mol. The summed E-state index contributed by atoms with van der Waals surface area (Å²) in [5.74, 6) is 0.289.